The summed E-state index contributed by atoms with van der Waals surface area (Å²) >= 11 is 1.17. The van der Waals surface area contributed by atoms with Crippen LogP contribution in [0.25, 0.3) is 0 Å². The predicted octanol–water partition coefficient (Wildman–Crippen LogP) is 3.74. The second-order valence-electron chi connectivity index (χ2n) is 2.61. The molecule has 0 heterocycles. The molecule has 0 saturated carbocycles. The molecule has 0 spiro atoms. The summed E-state index contributed by atoms with van der Waals surface area (Å²) in [5, 5.41) is 9.32. The standard InChI is InChI=1S/C9H9F3OS2/c10-9(11,12)15-6-5-14-8-4-2-1-3-7(8)13/h1-4,13H,5-6H2. The number of phenols is 1. The lowest BCUT2D eigenvalue weighted by atomic mass is 10.3. The van der Waals surface area contributed by atoms with Gasteiger partial charge in [0.25, 0.3) is 0 Å². The van der Waals surface area contributed by atoms with Gasteiger partial charge in [-0.25, -0.2) is 0 Å². The molecule has 1 aromatic rings. The first-order chi connectivity index (χ1) is 6.99. The van der Waals surface area contributed by atoms with E-state index in [9.17, 15) is 18.3 Å². The van der Waals surface area contributed by atoms with E-state index in [4.69, 9.17) is 0 Å². The maximum Gasteiger partial charge on any atom is 0.441 e. The largest absolute Gasteiger partial charge is 0.507 e. The zero-order chi connectivity index (χ0) is 11.3. The summed E-state index contributed by atoms with van der Waals surface area (Å²) in [5.41, 5.74) is -4.17. The molecule has 84 valence electrons. The van der Waals surface area contributed by atoms with Crippen LogP contribution in [0.15, 0.2) is 29.2 Å². The summed E-state index contributed by atoms with van der Waals surface area (Å²) < 4.78 is 35.3. The van der Waals surface area contributed by atoms with Crippen molar-refractivity contribution in [3.8, 4) is 5.75 Å². The fourth-order valence-corrected chi connectivity index (χ4v) is 2.40. The van der Waals surface area contributed by atoms with Crippen LogP contribution < -0.4 is 0 Å². The van der Waals surface area contributed by atoms with Crippen LogP contribution in [0, 0.1) is 0 Å². The van der Waals surface area contributed by atoms with Crippen molar-refractivity contribution in [2.75, 3.05) is 11.5 Å². The van der Waals surface area contributed by atoms with Crippen LogP contribution in [0.1, 0.15) is 0 Å². The number of alkyl halides is 3. The number of halogens is 3. The van der Waals surface area contributed by atoms with Crippen molar-refractivity contribution in [1.82, 2.24) is 0 Å². The van der Waals surface area contributed by atoms with Crippen LogP contribution in [0.4, 0.5) is 13.2 Å². The van der Waals surface area contributed by atoms with E-state index in [1.54, 1.807) is 18.2 Å². The summed E-state index contributed by atoms with van der Waals surface area (Å²) in [4.78, 5) is 0.611. The second kappa shape index (κ2) is 5.55. The molecule has 6 heteroatoms. The Kier molecular flexibility index (Phi) is 4.66. The molecule has 0 aliphatic heterocycles. The number of phenolic OH excluding ortho intramolecular Hbond substituents is 1. The molecule has 0 aliphatic rings. The fourth-order valence-electron chi connectivity index (χ4n) is 0.888. The van der Waals surface area contributed by atoms with Crippen LogP contribution >= 0.6 is 23.5 Å². The number of thioether (sulfide) groups is 2. The minimum Gasteiger partial charge on any atom is -0.507 e. The zero-order valence-electron chi connectivity index (χ0n) is 7.62. The summed E-state index contributed by atoms with van der Waals surface area (Å²) in [7, 11) is 0. The first-order valence-corrected chi connectivity index (χ1v) is 6.07. The van der Waals surface area contributed by atoms with Crippen molar-refractivity contribution in [2.45, 2.75) is 10.4 Å². The van der Waals surface area contributed by atoms with Gasteiger partial charge in [-0.05, 0) is 12.1 Å². The Morgan fingerprint density at radius 1 is 1.13 bits per heavy atom. The summed E-state index contributed by atoms with van der Waals surface area (Å²) in [6, 6.07) is 6.60. The molecule has 1 aromatic carbocycles. The van der Waals surface area contributed by atoms with Gasteiger partial charge < -0.3 is 5.11 Å². The van der Waals surface area contributed by atoms with E-state index in [0.717, 1.165) is 0 Å². The smallest absolute Gasteiger partial charge is 0.441 e. The highest BCUT2D eigenvalue weighted by molar-refractivity contribution is 8.03. The minimum absolute atomic E-state index is 0.0114. The number of rotatable bonds is 4. The van der Waals surface area contributed by atoms with Crippen molar-refractivity contribution >= 4 is 23.5 Å². The van der Waals surface area contributed by atoms with E-state index >= 15 is 0 Å². The van der Waals surface area contributed by atoms with Crippen molar-refractivity contribution in [3.05, 3.63) is 24.3 Å². The number of hydrogen-bond acceptors (Lipinski definition) is 3. The van der Waals surface area contributed by atoms with Gasteiger partial charge in [0.1, 0.15) is 5.75 Å². The maximum atomic E-state index is 11.8. The van der Waals surface area contributed by atoms with E-state index < -0.39 is 5.51 Å². The van der Waals surface area contributed by atoms with E-state index in [0.29, 0.717) is 10.6 Å². The normalized spacial score (nSPS) is 11.7. The van der Waals surface area contributed by atoms with Gasteiger partial charge in [-0.15, -0.1) is 11.8 Å². The van der Waals surface area contributed by atoms with Crippen LogP contribution in [0.2, 0.25) is 0 Å². The van der Waals surface area contributed by atoms with Gasteiger partial charge in [0.2, 0.25) is 0 Å². The zero-order valence-corrected chi connectivity index (χ0v) is 9.25. The first kappa shape index (κ1) is 12.6. The van der Waals surface area contributed by atoms with Gasteiger partial charge in [-0.3, -0.25) is 0 Å². The van der Waals surface area contributed by atoms with Crippen molar-refractivity contribution in [1.29, 1.82) is 0 Å². The lowest BCUT2D eigenvalue weighted by molar-refractivity contribution is -0.0326. The third-order valence-corrected chi connectivity index (χ3v) is 3.53. The number of hydrogen-bond donors (Lipinski definition) is 1. The van der Waals surface area contributed by atoms with E-state index in [-0.39, 0.29) is 23.3 Å². The molecular weight excluding hydrogens is 245 g/mol. The Morgan fingerprint density at radius 2 is 1.80 bits per heavy atom. The molecule has 0 amide bonds. The Balaban J connectivity index is 2.30. The molecule has 0 atom stereocenters. The molecule has 0 saturated heterocycles. The molecule has 1 nitrogen and oxygen atoms in total. The third kappa shape index (κ3) is 5.22. The lowest BCUT2D eigenvalue weighted by Crippen LogP contribution is -2.02. The van der Waals surface area contributed by atoms with Gasteiger partial charge in [0.05, 0.1) is 0 Å². The van der Waals surface area contributed by atoms with Crippen LogP contribution in [0.5, 0.6) is 5.75 Å². The van der Waals surface area contributed by atoms with E-state index in [1.807, 2.05) is 0 Å². The average molecular weight is 254 g/mol. The maximum absolute atomic E-state index is 11.8. The van der Waals surface area contributed by atoms with Gasteiger partial charge in [0, 0.05) is 16.4 Å². The summed E-state index contributed by atoms with van der Waals surface area (Å²) in [6.07, 6.45) is 0. The Hall–Kier alpha value is -0.490. The van der Waals surface area contributed by atoms with E-state index in [1.165, 1.54) is 17.8 Å². The van der Waals surface area contributed by atoms with Crippen molar-refractivity contribution < 1.29 is 18.3 Å². The molecule has 0 bridgehead atoms. The lowest BCUT2D eigenvalue weighted by Gasteiger charge is -2.05. The average Bonchev–Trinajstić information content (AvgIpc) is 2.13. The topological polar surface area (TPSA) is 20.2 Å². The quantitative estimate of drug-likeness (QED) is 0.653. The fraction of sp³-hybridized carbons (Fsp3) is 0.333. The molecule has 0 fully saturated rings. The highest BCUT2D eigenvalue weighted by Gasteiger charge is 2.27. The predicted molar refractivity (Wildman–Crippen MR) is 57.3 cm³/mol. The van der Waals surface area contributed by atoms with Crippen LogP contribution in [0.3, 0.4) is 0 Å². The highest BCUT2D eigenvalue weighted by atomic mass is 32.2. The van der Waals surface area contributed by atoms with Crippen LogP contribution in [-0.2, 0) is 0 Å². The number of benzene rings is 1. The van der Waals surface area contributed by atoms with Gasteiger partial charge in [-0.2, -0.15) is 13.2 Å². The molecule has 0 unspecified atom stereocenters. The van der Waals surface area contributed by atoms with Crippen LogP contribution in [-0.4, -0.2) is 22.1 Å². The molecule has 0 aromatic heterocycles. The summed E-state index contributed by atoms with van der Waals surface area (Å²) in [6.45, 7) is 0. The van der Waals surface area contributed by atoms with Crippen molar-refractivity contribution in [3.63, 3.8) is 0 Å². The molecule has 15 heavy (non-hydrogen) atoms. The van der Waals surface area contributed by atoms with Gasteiger partial charge >= 0.3 is 5.51 Å². The third-order valence-electron chi connectivity index (χ3n) is 1.47. The highest BCUT2D eigenvalue weighted by Crippen LogP contribution is 2.33. The minimum atomic E-state index is -4.17. The molecule has 1 N–H and O–H groups in total. The Bertz CT molecular complexity index is 314. The van der Waals surface area contributed by atoms with Gasteiger partial charge in [0.15, 0.2) is 0 Å². The molecule has 1 rings (SSSR count). The van der Waals surface area contributed by atoms with E-state index in [2.05, 4.69) is 0 Å². The second-order valence-corrected chi connectivity index (χ2v) is 4.91. The van der Waals surface area contributed by atoms with Gasteiger partial charge in [-0.1, -0.05) is 23.9 Å². The molecular formula is C9H9F3OS2. The first-order valence-electron chi connectivity index (χ1n) is 4.10. The Labute approximate surface area is 94.1 Å². The Morgan fingerprint density at radius 3 is 2.40 bits per heavy atom. The molecule has 0 aliphatic carbocycles. The molecule has 0 radical (unpaired) electrons. The SMILES string of the molecule is Oc1ccccc1SCCSC(F)(F)F. The number of aromatic hydroxyl groups is 1. The summed E-state index contributed by atoms with van der Waals surface area (Å²) in [5.74, 6) is 0.420. The number of para-hydroxylation sites is 1. The monoisotopic (exact) mass is 254 g/mol. The van der Waals surface area contributed by atoms with Crippen molar-refractivity contribution in [2.24, 2.45) is 0 Å².